The molecule has 1 aliphatic rings. The van der Waals surface area contributed by atoms with Crippen LogP contribution < -0.4 is 24.3 Å². The third-order valence-electron chi connectivity index (χ3n) is 4.79. The summed E-state index contributed by atoms with van der Waals surface area (Å²) in [4.78, 5) is 0. The summed E-state index contributed by atoms with van der Waals surface area (Å²) in [6, 6.07) is 15.2. The summed E-state index contributed by atoms with van der Waals surface area (Å²) in [5.74, 6) is 2.86. The molecular formula is C23H20BrCl2NO4. The van der Waals surface area contributed by atoms with Crippen molar-refractivity contribution >= 4 is 39.1 Å². The van der Waals surface area contributed by atoms with Crippen LogP contribution in [-0.4, -0.2) is 13.9 Å². The number of ether oxygens (including phenoxy) is 4. The third-order valence-corrected chi connectivity index (χ3v) is 6.27. The smallest absolute Gasteiger partial charge is 0.231 e. The van der Waals surface area contributed by atoms with Crippen LogP contribution in [0.15, 0.2) is 53.0 Å². The molecule has 1 aliphatic heterocycles. The van der Waals surface area contributed by atoms with Gasteiger partial charge in [0.2, 0.25) is 6.79 Å². The van der Waals surface area contributed by atoms with Gasteiger partial charge in [-0.1, -0.05) is 51.3 Å². The van der Waals surface area contributed by atoms with E-state index >= 15 is 0 Å². The summed E-state index contributed by atoms with van der Waals surface area (Å²) in [6.07, 6.45) is 0. The van der Waals surface area contributed by atoms with Gasteiger partial charge in [0.25, 0.3) is 0 Å². The Labute approximate surface area is 199 Å². The molecule has 0 spiro atoms. The van der Waals surface area contributed by atoms with E-state index in [9.17, 15) is 0 Å². The molecule has 0 unspecified atom stereocenters. The molecule has 0 fully saturated rings. The van der Waals surface area contributed by atoms with Gasteiger partial charge in [-0.2, -0.15) is 0 Å². The highest BCUT2D eigenvalue weighted by atomic mass is 79.9. The van der Waals surface area contributed by atoms with Crippen LogP contribution in [0, 0.1) is 0 Å². The number of hydrogen-bond donors (Lipinski definition) is 1. The molecule has 31 heavy (non-hydrogen) atoms. The van der Waals surface area contributed by atoms with Crippen molar-refractivity contribution in [2.24, 2.45) is 0 Å². The number of hydrogen-bond acceptors (Lipinski definition) is 5. The average Bonchev–Trinajstić information content (AvgIpc) is 3.23. The topological polar surface area (TPSA) is 49.0 Å². The summed E-state index contributed by atoms with van der Waals surface area (Å²) in [7, 11) is 1.62. The normalized spacial score (nSPS) is 12.1. The predicted molar refractivity (Wildman–Crippen MR) is 125 cm³/mol. The van der Waals surface area contributed by atoms with Crippen molar-refractivity contribution in [2.75, 3.05) is 13.9 Å². The van der Waals surface area contributed by atoms with E-state index in [2.05, 4.69) is 21.2 Å². The third kappa shape index (κ3) is 5.39. The predicted octanol–water partition coefficient (Wildman–Crippen LogP) is 6.36. The highest BCUT2D eigenvalue weighted by molar-refractivity contribution is 9.10. The fourth-order valence-corrected chi connectivity index (χ4v) is 3.95. The Morgan fingerprint density at radius 2 is 1.71 bits per heavy atom. The van der Waals surface area contributed by atoms with Crippen molar-refractivity contribution in [3.8, 4) is 23.0 Å². The monoisotopic (exact) mass is 523 g/mol. The molecule has 0 saturated carbocycles. The zero-order chi connectivity index (χ0) is 21.8. The molecule has 0 radical (unpaired) electrons. The molecule has 1 heterocycles. The Balaban J connectivity index is 1.39. The minimum atomic E-state index is 0.276. The molecule has 0 aromatic heterocycles. The molecule has 5 nitrogen and oxygen atoms in total. The number of benzene rings is 3. The van der Waals surface area contributed by atoms with E-state index in [4.69, 9.17) is 42.1 Å². The molecule has 0 atom stereocenters. The van der Waals surface area contributed by atoms with Gasteiger partial charge in [-0.3, -0.25) is 0 Å². The summed E-state index contributed by atoms with van der Waals surface area (Å²) in [5, 5.41) is 4.46. The lowest BCUT2D eigenvalue weighted by Gasteiger charge is -2.15. The number of rotatable bonds is 8. The van der Waals surface area contributed by atoms with E-state index in [0.717, 1.165) is 32.7 Å². The SMILES string of the molecule is COc1cc(CNCc2ccc3c(c2)OCO3)c(Br)cc1OCc1ccc(Cl)c(Cl)c1. The lowest BCUT2D eigenvalue weighted by Crippen LogP contribution is -2.13. The van der Waals surface area contributed by atoms with Crippen LogP contribution in [0.5, 0.6) is 23.0 Å². The molecule has 0 aliphatic carbocycles. The average molecular weight is 525 g/mol. The first kappa shape index (κ1) is 22.1. The summed E-state index contributed by atoms with van der Waals surface area (Å²) in [6.45, 7) is 1.97. The van der Waals surface area contributed by atoms with Crippen LogP contribution >= 0.6 is 39.1 Å². The zero-order valence-electron chi connectivity index (χ0n) is 16.7. The van der Waals surface area contributed by atoms with Crippen LogP contribution in [0.3, 0.4) is 0 Å². The molecule has 3 aromatic rings. The second-order valence-corrected chi connectivity index (χ2v) is 8.59. The lowest BCUT2D eigenvalue weighted by molar-refractivity contribution is 0.174. The van der Waals surface area contributed by atoms with Crippen molar-refractivity contribution in [3.05, 3.63) is 79.7 Å². The standard InChI is InChI=1S/C23H20BrCl2NO4/c1-28-21-8-16(11-27-10-14-3-5-20-22(7-14)31-13-30-20)17(24)9-23(21)29-12-15-2-4-18(25)19(26)6-15/h2-9,27H,10-13H2,1H3. The number of fused-ring (bicyclic) bond motifs is 1. The van der Waals surface area contributed by atoms with Crippen molar-refractivity contribution in [1.82, 2.24) is 5.32 Å². The molecule has 1 N–H and O–H groups in total. The van der Waals surface area contributed by atoms with Gasteiger partial charge in [-0.25, -0.2) is 0 Å². The van der Waals surface area contributed by atoms with E-state index in [-0.39, 0.29) is 6.79 Å². The van der Waals surface area contributed by atoms with Gasteiger partial charge in [0.05, 0.1) is 17.2 Å². The van der Waals surface area contributed by atoms with Crippen LogP contribution in [0.2, 0.25) is 10.0 Å². The van der Waals surface area contributed by atoms with Crippen LogP contribution in [-0.2, 0) is 19.7 Å². The second-order valence-electron chi connectivity index (χ2n) is 6.92. The summed E-state index contributed by atoms with van der Waals surface area (Å²) in [5.41, 5.74) is 3.09. The first-order valence-electron chi connectivity index (χ1n) is 9.56. The van der Waals surface area contributed by atoms with Gasteiger partial charge in [-0.05, 0) is 53.1 Å². The van der Waals surface area contributed by atoms with Crippen molar-refractivity contribution in [1.29, 1.82) is 0 Å². The second kappa shape index (κ2) is 10.0. The number of nitrogens with one attached hydrogen (secondary N) is 1. The lowest BCUT2D eigenvalue weighted by atomic mass is 10.1. The fraction of sp³-hybridized carbons (Fsp3) is 0.217. The first-order valence-corrected chi connectivity index (χ1v) is 11.1. The van der Waals surface area contributed by atoms with E-state index in [1.54, 1.807) is 19.2 Å². The van der Waals surface area contributed by atoms with Crippen molar-refractivity contribution in [3.63, 3.8) is 0 Å². The van der Waals surface area contributed by atoms with E-state index in [1.807, 2.05) is 36.4 Å². The maximum absolute atomic E-state index is 6.08. The maximum atomic E-state index is 6.08. The zero-order valence-corrected chi connectivity index (χ0v) is 19.8. The first-order chi connectivity index (χ1) is 15.0. The molecule has 0 amide bonds. The van der Waals surface area contributed by atoms with Gasteiger partial charge in [0.15, 0.2) is 23.0 Å². The Bertz CT molecular complexity index is 1090. The Morgan fingerprint density at radius 1 is 0.903 bits per heavy atom. The molecule has 0 bridgehead atoms. The number of halogens is 3. The molecule has 4 rings (SSSR count). The van der Waals surface area contributed by atoms with Gasteiger partial charge >= 0.3 is 0 Å². The van der Waals surface area contributed by atoms with Crippen LogP contribution in [0.4, 0.5) is 0 Å². The van der Waals surface area contributed by atoms with E-state index < -0.39 is 0 Å². The minimum Gasteiger partial charge on any atom is -0.493 e. The van der Waals surface area contributed by atoms with Crippen LogP contribution in [0.1, 0.15) is 16.7 Å². The molecule has 3 aromatic carbocycles. The number of methoxy groups -OCH3 is 1. The Hall–Kier alpha value is -2.12. The van der Waals surface area contributed by atoms with E-state index in [1.165, 1.54) is 0 Å². The molecule has 162 valence electrons. The summed E-state index contributed by atoms with van der Waals surface area (Å²) >= 11 is 15.7. The summed E-state index contributed by atoms with van der Waals surface area (Å²) < 4.78 is 23.2. The van der Waals surface area contributed by atoms with Gasteiger partial charge < -0.3 is 24.3 Å². The highest BCUT2D eigenvalue weighted by Gasteiger charge is 2.14. The molecular weight excluding hydrogens is 505 g/mol. The molecule has 8 heteroatoms. The fourth-order valence-electron chi connectivity index (χ4n) is 3.17. The van der Waals surface area contributed by atoms with Crippen molar-refractivity contribution in [2.45, 2.75) is 19.7 Å². The Kier molecular flexibility index (Phi) is 7.13. The molecule has 0 saturated heterocycles. The quantitative estimate of drug-likeness (QED) is 0.371. The highest BCUT2D eigenvalue weighted by Crippen LogP contribution is 2.35. The van der Waals surface area contributed by atoms with Gasteiger partial charge in [0, 0.05) is 17.6 Å². The van der Waals surface area contributed by atoms with Crippen LogP contribution in [0.25, 0.3) is 0 Å². The minimum absolute atomic E-state index is 0.276. The van der Waals surface area contributed by atoms with E-state index in [0.29, 0.717) is 41.2 Å². The largest absolute Gasteiger partial charge is 0.493 e. The Morgan fingerprint density at radius 3 is 2.52 bits per heavy atom. The van der Waals surface area contributed by atoms with Gasteiger partial charge in [-0.15, -0.1) is 0 Å². The van der Waals surface area contributed by atoms with Crippen molar-refractivity contribution < 1.29 is 18.9 Å². The maximum Gasteiger partial charge on any atom is 0.231 e. The van der Waals surface area contributed by atoms with Gasteiger partial charge in [0.1, 0.15) is 6.61 Å².